The van der Waals surface area contributed by atoms with Crippen molar-refractivity contribution < 1.29 is 22.8 Å². The summed E-state index contributed by atoms with van der Waals surface area (Å²) in [5, 5.41) is 7.64. The van der Waals surface area contributed by atoms with E-state index in [4.69, 9.17) is 5.14 Å². The third-order valence-corrected chi connectivity index (χ3v) is 5.91. The predicted octanol–water partition coefficient (Wildman–Crippen LogP) is 1.75. The lowest BCUT2D eigenvalue weighted by Crippen LogP contribution is -2.41. The summed E-state index contributed by atoms with van der Waals surface area (Å²) in [4.78, 5) is 38.4. The van der Waals surface area contributed by atoms with Crippen LogP contribution in [0.15, 0.2) is 57.9 Å². The summed E-state index contributed by atoms with van der Waals surface area (Å²) < 4.78 is 23.5. The Morgan fingerprint density at radius 1 is 1.18 bits per heavy atom. The second-order valence-electron chi connectivity index (χ2n) is 6.45. The molecule has 2 aromatic carbocycles. The van der Waals surface area contributed by atoms with Crippen LogP contribution in [0.2, 0.25) is 0 Å². The Morgan fingerprint density at radius 3 is 2.39 bits per heavy atom. The van der Waals surface area contributed by atoms with Crippen LogP contribution in [-0.2, 0) is 20.4 Å². The van der Waals surface area contributed by atoms with Crippen molar-refractivity contribution in [2.75, 3.05) is 6.54 Å². The first-order chi connectivity index (χ1) is 13.0. The van der Waals surface area contributed by atoms with Gasteiger partial charge in [0, 0.05) is 10.0 Å². The number of nitrogens with one attached hydrogen (secondary N) is 1. The minimum atomic E-state index is -3.88. The van der Waals surface area contributed by atoms with Gasteiger partial charge >= 0.3 is 6.03 Å². The highest BCUT2D eigenvalue weighted by Gasteiger charge is 2.49. The first-order valence-electron chi connectivity index (χ1n) is 8.08. The van der Waals surface area contributed by atoms with Crippen molar-refractivity contribution in [3.63, 3.8) is 0 Å². The molecule has 0 radical (unpaired) electrons. The van der Waals surface area contributed by atoms with Crippen LogP contribution in [0.1, 0.15) is 22.8 Å². The third-order valence-electron chi connectivity index (χ3n) is 4.48. The SMILES string of the molecule is CC1(c2ccc(S(N)(=O)=O)cc2)NC(=O)N(CC(=O)c2cccc(Br)c2)C1=O. The van der Waals surface area contributed by atoms with Gasteiger partial charge in [-0.1, -0.05) is 40.2 Å². The fourth-order valence-electron chi connectivity index (χ4n) is 2.91. The molecule has 3 amide bonds. The van der Waals surface area contributed by atoms with E-state index in [1.807, 2.05) is 0 Å². The Bertz CT molecular complexity index is 1080. The van der Waals surface area contributed by atoms with E-state index in [1.165, 1.54) is 31.2 Å². The maximum Gasteiger partial charge on any atom is 0.325 e. The lowest BCUT2D eigenvalue weighted by molar-refractivity contribution is -0.130. The highest BCUT2D eigenvalue weighted by Crippen LogP contribution is 2.29. The molecule has 0 aliphatic carbocycles. The fourth-order valence-corrected chi connectivity index (χ4v) is 3.83. The number of rotatable bonds is 5. The van der Waals surface area contributed by atoms with Gasteiger partial charge in [-0.05, 0) is 36.8 Å². The Hall–Kier alpha value is -2.56. The highest BCUT2D eigenvalue weighted by atomic mass is 79.9. The van der Waals surface area contributed by atoms with Crippen LogP contribution in [0.3, 0.4) is 0 Å². The molecule has 1 unspecified atom stereocenters. The van der Waals surface area contributed by atoms with Crippen LogP contribution in [0.5, 0.6) is 0 Å². The molecule has 0 aromatic heterocycles. The van der Waals surface area contributed by atoms with Gasteiger partial charge < -0.3 is 5.32 Å². The van der Waals surface area contributed by atoms with Crippen molar-refractivity contribution >= 4 is 43.7 Å². The Balaban J connectivity index is 1.85. The van der Waals surface area contributed by atoms with Gasteiger partial charge in [0.15, 0.2) is 5.78 Å². The summed E-state index contributed by atoms with van der Waals surface area (Å²) in [6.45, 7) is 1.08. The molecule has 146 valence electrons. The van der Waals surface area contributed by atoms with E-state index < -0.39 is 39.8 Å². The summed E-state index contributed by atoms with van der Waals surface area (Å²) in [5.74, 6) is -0.997. The highest BCUT2D eigenvalue weighted by molar-refractivity contribution is 9.10. The molecule has 2 aromatic rings. The summed E-state index contributed by atoms with van der Waals surface area (Å²) in [5.41, 5.74) is -0.692. The quantitative estimate of drug-likeness (QED) is 0.513. The average Bonchev–Trinajstić information content (AvgIpc) is 2.85. The zero-order valence-corrected chi connectivity index (χ0v) is 17.1. The lowest BCUT2D eigenvalue weighted by atomic mass is 9.92. The third kappa shape index (κ3) is 3.71. The number of hydrogen-bond acceptors (Lipinski definition) is 5. The predicted molar refractivity (Wildman–Crippen MR) is 104 cm³/mol. The van der Waals surface area contributed by atoms with Gasteiger partial charge in [-0.3, -0.25) is 14.5 Å². The number of ketones is 1. The number of amides is 3. The minimum Gasteiger partial charge on any atom is -0.319 e. The van der Waals surface area contributed by atoms with Crippen molar-refractivity contribution in [1.29, 1.82) is 0 Å². The molecule has 1 heterocycles. The van der Waals surface area contributed by atoms with E-state index in [2.05, 4.69) is 21.2 Å². The number of benzene rings is 2. The van der Waals surface area contributed by atoms with Gasteiger partial charge in [-0.25, -0.2) is 18.4 Å². The average molecular weight is 466 g/mol. The summed E-state index contributed by atoms with van der Waals surface area (Å²) in [6, 6.07) is 11.2. The van der Waals surface area contributed by atoms with Crippen LogP contribution < -0.4 is 10.5 Å². The lowest BCUT2D eigenvalue weighted by Gasteiger charge is -2.22. The van der Waals surface area contributed by atoms with Gasteiger partial charge in [0.2, 0.25) is 10.0 Å². The van der Waals surface area contributed by atoms with Crippen molar-refractivity contribution in [2.45, 2.75) is 17.4 Å². The Labute approximate surface area is 169 Å². The zero-order valence-electron chi connectivity index (χ0n) is 14.7. The van der Waals surface area contributed by atoms with E-state index >= 15 is 0 Å². The fraction of sp³-hybridized carbons (Fsp3) is 0.167. The first kappa shape index (κ1) is 20.2. The number of imide groups is 1. The van der Waals surface area contributed by atoms with Crippen molar-refractivity contribution in [3.05, 3.63) is 64.1 Å². The van der Waals surface area contributed by atoms with Crippen LogP contribution in [-0.4, -0.2) is 37.6 Å². The molecule has 1 fully saturated rings. The number of nitrogens with two attached hydrogens (primary N) is 1. The monoisotopic (exact) mass is 465 g/mol. The molecule has 0 spiro atoms. The first-order valence-corrected chi connectivity index (χ1v) is 10.4. The maximum absolute atomic E-state index is 12.9. The molecular weight excluding hydrogens is 450 g/mol. The van der Waals surface area contributed by atoms with E-state index in [9.17, 15) is 22.8 Å². The Kier molecular flexibility index (Phi) is 5.13. The van der Waals surface area contributed by atoms with Gasteiger partial charge in [0.1, 0.15) is 5.54 Å². The number of urea groups is 1. The number of primary sulfonamides is 1. The van der Waals surface area contributed by atoms with Gasteiger partial charge in [-0.2, -0.15) is 0 Å². The van der Waals surface area contributed by atoms with Crippen LogP contribution in [0, 0.1) is 0 Å². The van der Waals surface area contributed by atoms with E-state index in [-0.39, 0.29) is 4.90 Å². The molecule has 8 nitrogen and oxygen atoms in total. The molecule has 3 N–H and O–H groups in total. The largest absolute Gasteiger partial charge is 0.325 e. The van der Waals surface area contributed by atoms with Crippen LogP contribution in [0.25, 0.3) is 0 Å². The number of carbonyl (C=O) groups is 3. The normalized spacial score (nSPS) is 19.6. The van der Waals surface area contributed by atoms with Crippen molar-refractivity contribution in [3.8, 4) is 0 Å². The van der Waals surface area contributed by atoms with Crippen molar-refractivity contribution in [1.82, 2.24) is 10.2 Å². The second kappa shape index (κ2) is 7.12. The topological polar surface area (TPSA) is 127 Å². The smallest absolute Gasteiger partial charge is 0.319 e. The summed E-state index contributed by atoms with van der Waals surface area (Å²) in [7, 11) is -3.88. The number of sulfonamides is 1. The van der Waals surface area contributed by atoms with Gasteiger partial charge in [-0.15, -0.1) is 0 Å². The van der Waals surface area contributed by atoms with Gasteiger partial charge in [0.25, 0.3) is 5.91 Å². The molecule has 1 atom stereocenters. The molecule has 1 aliphatic heterocycles. The second-order valence-corrected chi connectivity index (χ2v) is 8.93. The van der Waals surface area contributed by atoms with Gasteiger partial charge in [0.05, 0.1) is 11.4 Å². The molecule has 1 saturated heterocycles. The number of nitrogens with zero attached hydrogens (tertiary/aromatic N) is 1. The van der Waals surface area contributed by atoms with Crippen LogP contribution >= 0.6 is 15.9 Å². The number of halogens is 1. The molecule has 1 aliphatic rings. The summed E-state index contributed by atoms with van der Waals surface area (Å²) >= 11 is 3.27. The molecule has 0 saturated carbocycles. The van der Waals surface area contributed by atoms with E-state index in [1.54, 1.807) is 24.3 Å². The number of hydrogen-bond donors (Lipinski definition) is 2. The number of Topliss-reactive ketones (excluding diaryl/α,β-unsaturated/α-hetero) is 1. The standard InChI is InChI=1S/C18H16BrN3O5S/c1-18(12-5-7-14(8-6-12)28(20,26)27)16(24)22(17(25)21-18)10-15(23)11-3-2-4-13(19)9-11/h2-9H,10H2,1H3,(H,21,25)(H2,20,26,27). The zero-order chi connectivity index (χ0) is 20.7. The van der Waals surface area contributed by atoms with E-state index in [0.29, 0.717) is 15.6 Å². The molecule has 3 rings (SSSR count). The molecular formula is C18H16BrN3O5S. The van der Waals surface area contributed by atoms with Crippen LogP contribution in [0.4, 0.5) is 4.79 Å². The van der Waals surface area contributed by atoms with E-state index in [0.717, 1.165) is 4.90 Å². The van der Waals surface area contributed by atoms with Crippen molar-refractivity contribution in [2.24, 2.45) is 5.14 Å². The molecule has 0 bridgehead atoms. The Morgan fingerprint density at radius 2 is 1.82 bits per heavy atom. The molecule has 28 heavy (non-hydrogen) atoms. The molecule has 10 heteroatoms. The minimum absolute atomic E-state index is 0.113. The maximum atomic E-state index is 12.9. The number of carbonyl (C=O) groups excluding carboxylic acids is 3. The summed E-state index contributed by atoms with van der Waals surface area (Å²) in [6.07, 6.45) is 0.